The zero-order valence-electron chi connectivity index (χ0n) is 11.2. The van der Waals surface area contributed by atoms with Gasteiger partial charge in [0.05, 0.1) is 7.11 Å². The molecular formula is C12H11N5OS3. The van der Waals surface area contributed by atoms with E-state index in [-0.39, 0.29) is 0 Å². The summed E-state index contributed by atoms with van der Waals surface area (Å²) in [5.74, 6) is 1.57. The van der Waals surface area contributed by atoms with E-state index in [9.17, 15) is 0 Å². The first-order valence-electron chi connectivity index (χ1n) is 5.95. The number of methoxy groups -OCH3 is 1. The quantitative estimate of drug-likeness (QED) is 0.762. The molecule has 0 aliphatic carbocycles. The van der Waals surface area contributed by atoms with Gasteiger partial charge in [-0.3, -0.25) is 0 Å². The fraction of sp³-hybridized carbons (Fsp3) is 0.167. The van der Waals surface area contributed by atoms with Crippen molar-refractivity contribution in [2.75, 3.05) is 12.4 Å². The lowest BCUT2D eigenvalue weighted by Gasteiger charge is -2.04. The predicted molar refractivity (Wildman–Crippen MR) is 85.0 cm³/mol. The summed E-state index contributed by atoms with van der Waals surface area (Å²) in [5.41, 5.74) is 0.911. The highest BCUT2D eigenvalue weighted by atomic mass is 32.2. The Kier molecular flexibility index (Phi) is 4.32. The Morgan fingerprint density at radius 1 is 1.24 bits per heavy atom. The molecule has 0 atom stereocenters. The number of nitrogens with one attached hydrogen (secondary N) is 1. The summed E-state index contributed by atoms with van der Waals surface area (Å²) < 4.78 is 11.0. The van der Waals surface area contributed by atoms with Crippen molar-refractivity contribution in [3.05, 3.63) is 30.1 Å². The fourth-order valence-corrected chi connectivity index (χ4v) is 4.15. The number of anilines is 2. The van der Waals surface area contributed by atoms with Gasteiger partial charge in [0.1, 0.15) is 11.6 Å². The van der Waals surface area contributed by atoms with Crippen molar-refractivity contribution in [2.24, 2.45) is 0 Å². The van der Waals surface area contributed by atoms with Crippen LogP contribution in [0.1, 0.15) is 5.82 Å². The maximum absolute atomic E-state index is 5.19. The van der Waals surface area contributed by atoms with Crippen LogP contribution in [0.5, 0.6) is 5.75 Å². The largest absolute Gasteiger partial charge is 0.497 e. The van der Waals surface area contributed by atoms with Gasteiger partial charge in [-0.2, -0.15) is 4.37 Å². The molecule has 2 heterocycles. The molecule has 2 aromatic heterocycles. The Morgan fingerprint density at radius 3 is 2.90 bits per heavy atom. The first-order valence-corrected chi connectivity index (χ1v) is 8.36. The van der Waals surface area contributed by atoms with Crippen LogP contribution in [0.25, 0.3) is 0 Å². The van der Waals surface area contributed by atoms with Gasteiger partial charge in [-0.25, -0.2) is 4.98 Å². The second-order valence-electron chi connectivity index (χ2n) is 3.94. The van der Waals surface area contributed by atoms with Crippen molar-refractivity contribution >= 4 is 45.5 Å². The zero-order chi connectivity index (χ0) is 14.7. The molecule has 3 rings (SSSR count). The number of aryl methyl sites for hydroxylation is 1. The van der Waals surface area contributed by atoms with Crippen molar-refractivity contribution in [1.82, 2.24) is 19.6 Å². The maximum Gasteiger partial charge on any atom is 0.210 e. The molecule has 0 aliphatic rings. The lowest BCUT2D eigenvalue weighted by atomic mass is 10.3. The van der Waals surface area contributed by atoms with E-state index < -0.39 is 0 Å². The fourth-order valence-electron chi connectivity index (χ4n) is 1.52. The third kappa shape index (κ3) is 3.69. The molecule has 0 amide bonds. The topological polar surface area (TPSA) is 72.8 Å². The third-order valence-electron chi connectivity index (χ3n) is 2.41. The Hall–Kier alpha value is -1.71. The van der Waals surface area contributed by atoms with Gasteiger partial charge in [-0.1, -0.05) is 17.4 Å². The molecule has 0 saturated heterocycles. The molecule has 3 aromatic rings. The first-order chi connectivity index (χ1) is 10.2. The molecule has 0 aliphatic heterocycles. The minimum atomic E-state index is 0.729. The average molecular weight is 337 g/mol. The van der Waals surface area contributed by atoms with Crippen LogP contribution in [-0.4, -0.2) is 26.7 Å². The van der Waals surface area contributed by atoms with E-state index in [0.29, 0.717) is 0 Å². The number of ether oxygens (including phenoxy) is 1. The average Bonchev–Trinajstić information content (AvgIpc) is 3.09. The number of hydrogen-bond donors (Lipinski definition) is 1. The highest BCUT2D eigenvalue weighted by Crippen LogP contribution is 2.33. The number of nitrogens with zero attached hydrogens (tertiary/aromatic N) is 4. The summed E-state index contributed by atoms with van der Waals surface area (Å²) in [6, 6.07) is 7.67. The predicted octanol–water partition coefficient (Wildman–Crippen LogP) is 3.60. The van der Waals surface area contributed by atoms with Crippen LogP contribution in [0.3, 0.4) is 0 Å². The van der Waals surface area contributed by atoms with Crippen LogP contribution in [0, 0.1) is 6.92 Å². The molecule has 108 valence electrons. The summed E-state index contributed by atoms with van der Waals surface area (Å²) in [6.45, 7) is 1.87. The molecule has 0 saturated carbocycles. The number of rotatable bonds is 5. The molecule has 9 heteroatoms. The second-order valence-corrected chi connectivity index (χ2v) is 7.16. The Bertz CT molecular complexity index is 742. The van der Waals surface area contributed by atoms with Crippen LogP contribution in [0.2, 0.25) is 0 Å². The standard InChI is InChI=1S/C12H11N5OS3/c1-7-13-11(21-17-7)20-12-16-15-10(19-12)14-8-4-3-5-9(6-8)18-2/h3-6H,1-2H3,(H,14,15). The van der Waals surface area contributed by atoms with Gasteiger partial charge in [0, 0.05) is 11.8 Å². The Labute approximate surface area is 133 Å². The third-order valence-corrected chi connectivity index (χ3v) is 5.14. The van der Waals surface area contributed by atoms with Gasteiger partial charge in [-0.15, -0.1) is 10.2 Å². The van der Waals surface area contributed by atoms with Gasteiger partial charge in [0.25, 0.3) is 0 Å². The number of aromatic nitrogens is 4. The Balaban J connectivity index is 1.69. The van der Waals surface area contributed by atoms with E-state index in [2.05, 4.69) is 24.9 Å². The molecule has 1 N–H and O–H groups in total. The molecule has 0 spiro atoms. The highest BCUT2D eigenvalue weighted by molar-refractivity contribution is 8.02. The number of benzene rings is 1. The van der Waals surface area contributed by atoms with Crippen molar-refractivity contribution in [1.29, 1.82) is 0 Å². The SMILES string of the molecule is COc1cccc(Nc2nnc(Sc3nc(C)ns3)s2)c1. The van der Waals surface area contributed by atoms with Crippen molar-refractivity contribution < 1.29 is 4.74 Å². The van der Waals surface area contributed by atoms with Gasteiger partial charge in [0.2, 0.25) is 5.13 Å². The van der Waals surface area contributed by atoms with Crippen molar-refractivity contribution in [3.63, 3.8) is 0 Å². The normalized spacial score (nSPS) is 10.6. The van der Waals surface area contributed by atoms with Crippen molar-refractivity contribution in [3.8, 4) is 5.75 Å². The smallest absolute Gasteiger partial charge is 0.210 e. The molecule has 0 unspecified atom stereocenters. The van der Waals surface area contributed by atoms with Crippen LogP contribution >= 0.6 is 34.6 Å². The molecule has 1 aromatic carbocycles. The van der Waals surface area contributed by atoms with E-state index in [0.717, 1.165) is 31.1 Å². The minimum Gasteiger partial charge on any atom is -0.497 e. The summed E-state index contributed by atoms with van der Waals surface area (Å²) in [6.07, 6.45) is 0. The maximum atomic E-state index is 5.19. The van der Waals surface area contributed by atoms with Gasteiger partial charge in [-0.05, 0) is 42.4 Å². The lowest BCUT2D eigenvalue weighted by molar-refractivity contribution is 0.415. The zero-order valence-corrected chi connectivity index (χ0v) is 13.7. The van der Waals surface area contributed by atoms with E-state index in [1.807, 2.05) is 31.2 Å². The summed E-state index contributed by atoms with van der Waals surface area (Å²) in [5, 5.41) is 12.2. The molecule has 0 fully saturated rings. The summed E-state index contributed by atoms with van der Waals surface area (Å²) in [4.78, 5) is 4.29. The van der Waals surface area contributed by atoms with Crippen LogP contribution in [0.15, 0.2) is 32.9 Å². The lowest BCUT2D eigenvalue weighted by Crippen LogP contribution is -1.90. The van der Waals surface area contributed by atoms with Crippen LogP contribution in [0.4, 0.5) is 10.8 Å². The minimum absolute atomic E-state index is 0.729. The molecule has 0 bridgehead atoms. The van der Waals surface area contributed by atoms with Gasteiger partial charge >= 0.3 is 0 Å². The van der Waals surface area contributed by atoms with Crippen LogP contribution in [-0.2, 0) is 0 Å². The summed E-state index contributed by atoms with van der Waals surface area (Å²) >= 11 is 4.31. The van der Waals surface area contributed by atoms with Crippen LogP contribution < -0.4 is 10.1 Å². The Morgan fingerprint density at radius 2 is 2.14 bits per heavy atom. The van der Waals surface area contributed by atoms with E-state index in [4.69, 9.17) is 4.74 Å². The first kappa shape index (κ1) is 14.2. The monoisotopic (exact) mass is 337 g/mol. The van der Waals surface area contributed by atoms with Crippen molar-refractivity contribution in [2.45, 2.75) is 15.6 Å². The summed E-state index contributed by atoms with van der Waals surface area (Å²) in [7, 11) is 1.64. The molecule has 21 heavy (non-hydrogen) atoms. The second kappa shape index (κ2) is 6.37. The van der Waals surface area contributed by atoms with E-state index >= 15 is 0 Å². The van der Waals surface area contributed by atoms with E-state index in [1.54, 1.807) is 7.11 Å². The molecule has 0 radical (unpaired) electrons. The highest BCUT2D eigenvalue weighted by Gasteiger charge is 2.09. The molecule has 6 nitrogen and oxygen atoms in total. The van der Waals surface area contributed by atoms with E-state index in [1.165, 1.54) is 34.6 Å². The molecular weight excluding hydrogens is 326 g/mol. The number of hydrogen-bond acceptors (Lipinski definition) is 9. The van der Waals surface area contributed by atoms with Gasteiger partial charge < -0.3 is 10.1 Å². The van der Waals surface area contributed by atoms with Gasteiger partial charge in [0.15, 0.2) is 8.68 Å².